The normalized spacial score (nSPS) is 22.8. The molecule has 32 heavy (non-hydrogen) atoms. The summed E-state index contributed by atoms with van der Waals surface area (Å²) in [5.41, 5.74) is 8.60. The van der Waals surface area contributed by atoms with Crippen LogP contribution in [0.4, 0.5) is 17.6 Å². The van der Waals surface area contributed by atoms with Gasteiger partial charge in [0.1, 0.15) is 5.52 Å². The number of anilines is 3. The topological polar surface area (TPSA) is 93.7 Å². The zero-order chi connectivity index (χ0) is 22.1. The molecule has 170 valence electrons. The average molecular weight is 454 g/mol. The summed E-state index contributed by atoms with van der Waals surface area (Å²) in [5.74, 6) is 2.09. The van der Waals surface area contributed by atoms with E-state index < -0.39 is 0 Å². The minimum absolute atomic E-state index is 0.0690. The molecule has 0 amide bonds. The van der Waals surface area contributed by atoms with Crippen LogP contribution in [0, 0.1) is 5.92 Å². The lowest BCUT2D eigenvalue weighted by molar-refractivity contribution is 0.284. The molecule has 2 saturated carbocycles. The number of nitrogens with two attached hydrogens (primary N) is 1. The molecular formula is C24H32ClN7. The summed E-state index contributed by atoms with van der Waals surface area (Å²) in [5, 5.41) is 7.78. The van der Waals surface area contributed by atoms with Crippen molar-refractivity contribution in [3.63, 3.8) is 0 Å². The molecule has 2 aliphatic rings. The Morgan fingerprint density at radius 2 is 1.94 bits per heavy atom. The van der Waals surface area contributed by atoms with Crippen molar-refractivity contribution in [1.82, 2.24) is 19.5 Å². The Balaban J connectivity index is 1.52. The van der Waals surface area contributed by atoms with E-state index in [4.69, 9.17) is 27.3 Å². The molecule has 2 aromatic heterocycles. The third-order valence-electron chi connectivity index (χ3n) is 7.15. The van der Waals surface area contributed by atoms with Gasteiger partial charge in [-0.15, -0.1) is 0 Å². The van der Waals surface area contributed by atoms with Gasteiger partial charge in [0.05, 0.1) is 6.20 Å². The van der Waals surface area contributed by atoms with Gasteiger partial charge in [-0.25, -0.2) is 9.97 Å². The van der Waals surface area contributed by atoms with E-state index in [1.54, 1.807) is 0 Å². The molecule has 0 aliphatic heterocycles. The lowest BCUT2D eigenvalue weighted by atomic mass is 9.86. The highest BCUT2D eigenvalue weighted by atomic mass is 35.5. The molecule has 7 nitrogen and oxygen atoms in total. The van der Waals surface area contributed by atoms with Gasteiger partial charge >= 0.3 is 0 Å². The van der Waals surface area contributed by atoms with Crippen LogP contribution in [-0.4, -0.2) is 31.6 Å². The lowest BCUT2D eigenvalue weighted by Crippen LogP contribution is -2.31. The fourth-order valence-corrected chi connectivity index (χ4v) is 5.46. The monoisotopic (exact) mass is 453 g/mol. The van der Waals surface area contributed by atoms with Crippen molar-refractivity contribution in [2.45, 2.75) is 69.9 Å². The Bertz CT molecular complexity index is 1080. The minimum Gasteiger partial charge on any atom is -0.349 e. The first-order valence-electron chi connectivity index (χ1n) is 11.8. The van der Waals surface area contributed by atoms with Crippen LogP contribution in [0.1, 0.15) is 64.3 Å². The standard InChI is InChI=1S/C24H32ClN7/c1-24(11-2-3-12-24)31-22-27-15-20-21(30-22)32(19-9-7-16(14-26)8-10-19)23(29-20)28-18-6-4-5-17(25)13-18/h4-6,13,15-16,19H,2-3,7-12,14,26H2,1H3,(H,28,29)(H,27,30,31)/t16-,19+. The molecule has 2 fully saturated rings. The predicted octanol–water partition coefficient (Wildman–Crippen LogP) is 5.66. The number of nitrogens with one attached hydrogen (secondary N) is 2. The predicted molar refractivity (Wildman–Crippen MR) is 131 cm³/mol. The molecule has 1 aromatic carbocycles. The van der Waals surface area contributed by atoms with E-state index in [1.165, 1.54) is 12.8 Å². The minimum atomic E-state index is 0.0690. The molecule has 3 aromatic rings. The Morgan fingerprint density at radius 1 is 1.16 bits per heavy atom. The number of imidazole rings is 1. The van der Waals surface area contributed by atoms with Crippen LogP contribution < -0.4 is 16.4 Å². The highest BCUT2D eigenvalue weighted by Crippen LogP contribution is 2.37. The first-order chi connectivity index (χ1) is 15.5. The second-order valence-electron chi connectivity index (χ2n) is 9.65. The molecule has 0 saturated heterocycles. The van der Waals surface area contributed by atoms with Gasteiger partial charge < -0.3 is 16.4 Å². The molecule has 5 rings (SSSR count). The van der Waals surface area contributed by atoms with E-state index in [1.807, 2.05) is 30.5 Å². The SMILES string of the molecule is CC1(Nc2ncc3nc(Nc4cccc(Cl)c4)n([C@H]4CC[C@@H](CN)CC4)c3n2)CCCC1. The van der Waals surface area contributed by atoms with Gasteiger partial charge in [-0.3, -0.25) is 4.57 Å². The fourth-order valence-electron chi connectivity index (χ4n) is 5.27. The molecule has 0 bridgehead atoms. The van der Waals surface area contributed by atoms with Gasteiger partial charge in [0.15, 0.2) is 5.65 Å². The quantitative estimate of drug-likeness (QED) is 0.446. The molecule has 8 heteroatoms. The van der Waals surface area contributed by atoms with E-state index >= 15 is 0 Å². The molecule has 2 heterocycles. The first kappa shape index (κ1) is 21.5. The van der Waals surface area contributed by atoms with Crippen molar-refractivity contribution >= 4 is 40.3 Å². The second-order valence-corrected chi connectivity index (χ2v) is 10.1. The third kappa shape index (κ3) is 4.41. The largest absolute Gasteiger partial charge is 0.349 e. The smallest absolute Gasteiger partial charge is 0.225 e. The number of halogens is 1. The van der Waals surface area contributed by atoms with Crippen LogP contribution >= 0.6 is 11.6 Å². The van der Waals surface area contributed by atoms with Crippen LogP contribution in [0.5, 0.6) is 0 Å². The van der Waals surface area contributed by atoms with Gasteiger partial charge in [-0.2, -0.15) is 4.98 Å². The summed E-state index contributed by atoms with van der Waals surface area (Å²) in [6, 6.07) is 8.05. The summed E-state index contributed by atoms with van der Waals surface area (Å²) >= 11 is 6.22. The van der Waals surface area contributed by atoms with Crippen LogP contribution in [0.25, 0.3) is 11.2 Å². The van der Waals surface area contributed by atoms with E-state index in [0.29, 0.717) is 22.9 Å². The molecule has 0 spiro atoms. The zero-order valence-electron chi connectivity index (χ0n) is 18.6. The number of hydrogen-bond donors (Lipinski definition) is 3. The Morgan fingerprint density at radius 3 is 2.66 bits per heavy atom. The Kier molecular flexibility index (Phi) is 5.95. The van der Waals surface area contributed by atoms with Gasteiger partial charge in [0.25, 0.3) is 0 Å². The highest BCUT2D eigenvalue weighted by Gasteiger charge is 2.30. The van der Waals surface area contributed by atoms with Crippen LogP contribution in [0.3, 0.4) is 0 Å². The number of nitrogens with zero attached hydrogens (tertiary/aromatic N) is 4. The molecule has 0 unspecified atom stereocenters. The summed E-state index contributed by atoms with van der Waals surface area (Å²) in [4.78, 5) is 14.4. The van der Waals surface area contributed by atoms with E-state index in [9.17, 15) is 0 Å². The van der Waals surface area contributed by atoms with Crippen LogP contribution in [0.15, 0.2) is 30.5 Å². The van der Waals surface area contributed by atoms with Crippen molar-refractivity contribution < 1.29 is 0 Å². The second kappa shape index (κ2) is 8.87. The maximum Gasteiger partial charge on any atom is 0.225 e. The van der Waals surface area contributed by atoms with Crippen LogP contribution in [0.2, 0.25) is 5.02 Å². The van der Waals surface area contributed by atoms with Crippen molar-refractivity contribution in [3.05, 3.63) is 35.5 Å². The molecular weight excluding hydrogens is 422 g/mol. The van der Waals surface area contributed by atoms with Gasteiger partial charge in [0.2, 0.25) is 11.9 Å². The summed E-state index contributed by atoms with van der Waals surface area (Å²) in [6.45, 7) is 3.03. The van der Waals surface area contributed by atoms with E-state index in [-0.39, 0.29) is 5.54 Å². The number of benzene rings is 1. The third-order valence-corrected chi connectivity index (χ3v) is 7.38. The average Bonchev–Trinajstić information content (AvgIpc) is 3.37. The molecule has 0 radical (unpaired) electrons. The summed E-state index contributed by atoms with van der Waals surface area (Å²) < 4.78 is 2.27. The van der Waals surface area contributed by atoms with E-state index in [2.05, 4.69) is 27.1 Å². The number of fused-ring (bicyclic) bond motifs is 1. The first-order valence-corrected chi connectivity index (χ1v) is 12.2. The van der Waals surface area contributed by atoms with Gasteiger partial charge in [-0.1, -0.05) is 30.5 Å². The van der Waals surface area contributed by atoms with Crippen LogP contribution in [-0.2, 0) is 0 Å². The van der Waals surface area contributed by atoms with E-state index in [0.717, 1.165) is 67.9 Å². The van der Waals surface area contributed by atoms with Crippen molar-refractivity contribution in [2.75, 3.05) is 17.2 Å². The van der Waals surface area contributed by atoms with Crippen molar-refractivity contribution in [3.8, 4) is 0 Å². The maximum absolute atomic E-state index is 6.22. The summed E-state index contributed by atoms with van der Waals surface area (Å²) in [6.07, 6.45) is 11.1. The fraction of sp³-hybridized carbons (Fsp3) is 0.542. The molecule has 2 aliphatic carbocycles. The molecule has 4 N–H and O–H groups in total. The molecule has 0 atom stereocenters. The Labute approximate surface area is 194 Å². The number of hydrogen-bond acceptors (Lipinski definition) is 6. The zero-order valence-corrected chi connectivity index (χ0v) is 19.4. The van der Waals surface area contributed by atoms with Gasteiger partial charge in [0, 0.05) is 22.3 Å². The maximum atomic E-state index is 6.22. The van der Waals surface area contributed by atoms with Crippen molar-refractivity contribution in [2.24, 2.45) is 11.7 Å². The van der Waals surface area contributed by atoms with Gasteiger partial charge in [-0.05, 0) is 76.1 Å². The lowest BCUT2D eigenvalue weighted by Gasteiger charge is -2.30. The van der Waals surface area contributed by atoms with Crippen molar-refractivity contribution in [1.29, 1.82) is 0 Å². The highest BCUT2D eigenvalue weighted by molar-refractivity contribution is 6.30. The summed E-state index contributed by atoms with van der Waals surface area (Å²) in [7, 11) is 0. The number of rotatable bonds is 6. The number of aromatic nitrogens is 4. The Hall–Kier alpha value is -2.38.